The highest BCUT2D eigenvalue weighted by atomic mass is 35.5. The van der Waals surface area contributed by atoms with E-state index in [0.717, 1.165) is 11.1 Å². The lowest BCUT2D eigenvalue weighted by Crippen LogP contribution is -2.35. The molecule has 0 radical (unpaired) electrons. The number of aryl methyl sites for hydroxylation is 1. The first-order chi connectivity index (χ1) is 10.8. The van der Waals surface area contributed by atoms with E-state index in [1.54, 1.807) is 48.5 Å². The van der Waals surface area contributed by atoms with E-state index in [1.807, 2.05) is 6.92 Å². The van der Waals surface area contributed by atoms with Gasteiger partial charge in [0.15, 0.2) is 9.84 Å². The molecular weight excluding hydrogens is 334 g/mol. The molecule has 3 atom stereocenters. The predicted octanol–water partition coefficient (Wildman–Crippen LogP) is 2.28. The van der Waals surface area contributed by atoms with Gasteiger partial charge in [-0.25, -0.2) is 8.42 Å². The maximum absolute atomic E-state index is 12.9. The monoisotopic (exact) mass is 351 g/mol. The lowest BCUT2D eigenvalue weighted by atomic mass is 10.1. The first-order valence-electron chi connectivity index (χ1n) is 7.26. The molecule has 122 valence electrons. The van der Waals surface area contributed by atoms with Gasteiger partial charge in [-0.1, -0.05) is 41.4 Å². The van der Waals surface area contributed by atoms with E-state index in [2.05, 4.69) is 0 Å². The second kappa shape index (κ2) is 5.60. The summed E-state index contributed by atoms with van der Waals surface area (Å²) in [5, 5.41) is 9.39. The van der Waals surface area contributed by atoms with Crippen LogP contribution in [-0.4, -0.2) is 30.9 Å². The minimum absolute atomic E-state index is 0.229. The van der Waals surface area contributed by atoms with Crippen LogP contribution in [-0.2, 0) is 9.84 Å². The Kier molecular flexibility index (Phi) is 4.01. The summed E-state index contributed by atoms with van der Waals surface area (Å²) in [7, 11) is -3.63. The van der Waals surface area contributed by atoms with Crippen molar-refractivity contribution in [3.8, 4) is 0 Å². The van der Waals surface area contributed by atoms with Crippen molar-refractivity contribution in [2.45, 2.75) is 28.5 Å². The van der Waals surface area contributed by atoms with Gasteiger partial charge in [0.05, 0.1) is 22.3 Å². The van der Waals surface area contributed by atoms with E-state index in [0.29, 0.717) is 5.02 Å². The number of sulfone groups is 1. The van der Waals surface area contributed by atoms with Crippen LogP contribution in [0.3, 0.4) is 0 Å². The van der Waals surface area contributed by atoms with E-state index in [4.69, 9.17) is 17.3 Å². The zero-order valence-corrected chi connectivity index (χ0v) is 14.2. The summed E-state index contributed by atoms with van der Waals surface area (Å²) < 4.78 is 25.8. The number of nitrogens with two attached hydrogens (primary N) is 1. The maximum Gasteiger partial charge on any atom is 0.183 e. The Morgan fingerprint density at radius 2 is 1.70 bits per heavy atom. The van der Waals surface area contributed by atoms with Crippen LogP contribution in [0, 0.1) is 6.92 Å². The second-order valence-electron chi connectivity index (χ2n) is 6.08. The Balaban J connectivity index is 2.01. The average molecular weight is 352 g/mol. The van der Waals surface area contributed by atoms with Crippen molar-refractivity contribution in [1.82, 2.24) is 0 Å². The van der Waals surface area contributed by atoms with Crippen LogP contribution in [0.2, 0.25) is 5.02 Å². The topological polar surface area (TPSA) is 80.4 Å². The zero-order valence-electron chi connectivity index (χ0n) is 12.6. The average Bonchev–Trinajstić information content (AvgIpc) is 3.16. The Hall–Kier alpha value is -1.40. The van der Waals surface area contributed by atoms with E-state index < -0.39 is 33.2 Å². The van der Waals surface area contributed by atoms with Crippen LogP contribution >= 0.6 is 11.6 Å². The first kappa shape index (κ1) is 16.5. The fourth-order valence-corrected chi connectivity index (χ4v) is 5.53. The molecule has 6 heteroatoms. The van der Waals surface area contributed by atoms with Crippen molar-refractivity contribution in [2.24, 2.45) is 5.73 Å². The van der Waals surface area contributed by atoms with Crippen molar-refractivity contribution in [3.05, 3.63) is 64.7 Å². The Morgan fingerprint density at radius 3 is 2.22 bits per heavy atom. The molecule has 23 heavy (non-hydrogen) atoms. The third kappa shape index (κ3) is 2.68. The van der Waals surface area contributed by atoms with Gasteiger partial charge in [0.1, 0.15) is 0 Å². The van der Waals surface area contributed by atoms with E-state index in [1.165, 1.54) is 0 Å². The largest absolute Gasteiger partial charge is 0.394 e. The maximum atomic E-state index is 12.9. The van der Waals surface area contributed by atoms with Gasteiger partial charge < -0.3 is 10.8 Å². The van der Waals surface area contributed by atoms with Crippen LogP contribution < -0.4 is 5.73 Å². The molecule has 4 nitrogen and oxygen atoms in total. The van der Waals surface area contributed by atoms with Crippen molar-refractivity contribution in [1.29, 1.82) is 0 Å². The molecule has 0 amide bonds. The van der Waals surface area contributed by atoms with Crippen LogP contribution in [0.25, 0.3) is 0 Å². The van der Waals surface area contributed by atoms with Crippen molar-refractivity contribution >= 4 is 21.4 Å². The summed E-state index contributed by atoms with van der Waals surface area (Å²) in [4.78, 5) is 0.229. The molecule has 2 aromatic carbocycles. The van der Waals surface area contributed by atoms with Gasteiger partial charge in [-0.05, 0) is 36.8 Å². The van der Waals surface area contributed by atoms with Crippen molar-refractivity contribution in [2.75, 3.05) is 6.61 Å². The molecule has 2 aromatic rings. The van der Waals surface area contributed by atoms with Gasteiger partial charge in [0.2, 0.25) is 0 Å². The number of hydrogen-bond acceptors (Lipinski definition) is 4. The summed E-state index contributed by atoms with van der Waals surface area (Å²) in [6.07, 6.45) is 0. The van der Waals surface area contributed by atoms with Gasteiger partial charge in [0, 0.05) is 10.9 Å². The smallest absolute Gasteiger partial charge is 0.183 e. The molecule has 0 aliphatic heterocycles. The van der Waals surface area contributed by atoms with Gasteiger partial charge in [-0.15, -0.1) is 0 Å². The standard InChI is InChI=1S/C17H18ClNO3S/c1-11-2-8-14(9-3-11)23(21,22)16-15(17(16,19)10-20)12-4-6-13(18)7-5-12/h2-9,15-16,20H,10,19H2,1H3/t15-,16+,17+/m0/s1. The molecule has 1 aliphatic carbocycles. The number of aliphatic hydroxyl groups excluding tert-OH is 1. The van der Waals surface area contributed by atoms with Crippen LogP contribution in [0.5, 0.6) is 0 Å². The molecule has 0 bridgehead atoms. The highest BCUT2D eigenvalue weighted by molar-refractivity contribution is 7.92. The molecular formula is C17H18ClNO3S. The van der Waals surface area contributed by atoms with Crippen molar-refractivity contribution < 1.29 is 13.5 Å². The summed E-state index contributed by atoms with van der Waals surface area (Å²) in [5.41, 5.74) is 6.78. The zero-order chi connectivity index (χ0) is 16.8. The van der Waals surface area contributed by atoms with Gasteiger partial charge >= 0.3 is 0 Å². The number of aliphatic hydroxyl groups is 1. The fourth-order valence-electron chi connectivity index (χ4n) is 3.11. The van der Waals surface area contributed by atoms with E-state index in [9.17, 15) is 13.5 Å². The highest BCUT2D eigenvalue weighted by Crippen LogP contribution is 2.55. The minimum atomic E-state index is -3.63. The SMILES string of the molecule is Cc1ccc(S(=O)(=O)[C@@H]2[C@H](c3ccc(Cl)cc3)[C@]2(N)CO)cc1. The molecule has 0 saturated heterocycles. The number of hydrogen-bond donors (Lipinski definition) is 2. The lowest BCUT2D eigenvalue weighted by molar-refractivity contribution is 0.253. The molecule has 3 rings (SSSR count). The molecule has 3 N–H and O–H groups in total. The van der Waals surface area contributed by atoms with Gasteiger partial charge in [-0.2, -0.15) is 0 Å². The second-order valence-corrected chi connectivity index (χ2v) is 8.58. The Labute approximate surface area is 140 Å². The summed E-state index contributed by atoms with van der Waals surface area (Å²) >= 11 is 5.88. The molecule has 0 unspecified atom stereocenters. The first-order valence-corrected chi connectivity index (χ1v) is 9.19. The molecule has 1 fully saturated rings. The molecule has 1 aliphatic rings. The molecule has 0 aromatic heterocycles. The normalized spacial score (nSPS) is 27.0. The third-order valence-corrected chi connectivity index (χ3v) is 7.05. The Bertz CT molecular complexity index is 818. The van der Waals surface area contributed by atoms with Gasteiger partial charge in [-0.3, -0.25) is 0 Å². The molecule has 0 heterocycles. The van der Waals surface area contributed by atoms with Gasteiger partial charge in [0.25, 0.3) is 0 Å². The summed E-state index contributed by atoms with van der Waals surface area (Å²) in [6.45, 7) is 1.50. The number of benzene rings is 2. The summed E-state index contributed by atoms with van der Waals surface area (Å²) in [5.74, 6) is -0.448. The van der Waals surface area contributed by atoms with Crippen molar-refractivity contribution in [3.63, 3.8) is 0 Å². The lowest BCUT2D eigenvalue weighted by Gasteiger charge is -2.08. The Morgan fingerprint density at radius 1 is 1.13 bits per heavy atom. The number of halogens is 1. The summed E-state index contributed by atoms with van der Waals surface area (Å²) in [6, 6.07) is 13.6. The third-order valence-electron chi connectivity index (χ3n) is 4.49. The van der Waals surface area contributed by atoms with Crippen LogP contribution in [0.1, 0.15) is 17.0 Å². The van der Waals surface area contributed by atoms with Crippen LogP contribution in [0.15, 0.2) is 53.4 Å². The van der Waals surface area contributed by atoms with E-state index in [-0.39, 0.29) is 4.90 Å². The molecule has 0 spiro atoms. The predicted molar refractivity (Wildman–Crippen MR) is 90.4 cm³/mol. The fraction of sp³-hybridized carbons (Fsp3) is 0.294. The quantitative estimate of drug-likeness (QED) is 0.885. The molecule has 1 saturated carbocycles. The van der Waals surface area contributed by atoms with Crippen LogP contribution in [0.4, 0.5) is 0 Å². The minimum Gasteiger partial charge on any atom is -0.394 e. The number of rotatable bonds is 4. The van der Waals surface area contributed by atoms with E-state index >= 15 is 0 Å². The highest BCUT2D eigenvalue weighted by Gasteiger charge is 2.69.